The zero-order chi connectivity index (χ0) is 22.4. The molecular weight excluding hydrogens is 460 g/mol. The highest BCUT2D eigenvalue weighted by Crippen LogP contribution is 2.33. The Hall–Kier alpha value is -3.06. The Morgan fingerprint density at radius 2 is 1.87 bits per heavy atom. The topological polar surface area (TPSA) is 67.9 Å². The molecule has 0 bridgehead atoms. The van der Waals surface area contributed by atoms with Crippen LogP contribution < -0.4 is 14.8 Å². The van der Waals surface area contributed by atoms with Crippen LogP contribution in [0.25, 0.3) is 10.8 Å². The summed E-state index contributed by atoms with van der Waals surface area (Å²) in [7, 11) is 3.14. The third-order valence-corrected chi connectivity index (χ3v) is 5.90. The van der Waals surface area contributed by atoms with Gasteiger partial charge < -0.3 is 19.7 Å². The molecule has 0 aliphatic rings. The molecule has 1 atom stereocenters. The van der Waals surface area contributed by atoms with Crippen LogP contribution in [0.15, 0.2) is 65.1 Å². The molecule has 2 amide bonds. The van der Waals surface area contributed by atoms with Gasteiger partial charge in [0, 0.05) is 13.6 Å². The minimum atomic E-state index is -0.660. The summed E-state index contributed by atoms with van der Waals surface area (Å²) < 4.78 is 11.9. The van der Waals surface area contributed by atoms with E-state index in [-0.39, 0.29) is 25.0 Å². The Kier molecular flexibility index (Phi) is 7.52. The largest absolute Gasteiger partial charge is 0.497 e. The summed E-state index contributed by atoms with van der Waals surface area (Å²) in [6.45, 7) is 1.76. The monoisotopic (exact) mass is 484 g/mol. The van der Waals surface area contributed by atoms with Gasteiger partial charge in [-0.1, -0.05) is 42.5 Å². The summed E-state index contributed by atoms with van der Waals surface area (Å²) in [4.78, 5) is 26.9. The van der Waals surface area contributed by atoms with Crippen LogP contribution in [0, 0.1) is 0 Å². The van der Waals surface area contributed by atoms with Crippen molar-refractivity contribution in [1.29, 1.82) is 0 Å². The fraction of sp³-hybridized carbons (Fsp3) is 0.250. The van der Waals surface area contributed by atoms with E-state index >= 15 is 0 Å². The Morgan fingerprint density at radius 3 is 2.61 bits per heavy atom. The maximum absolute atomic E-state index is 13.1. The molecule has 0 radical (unpaired) electrons. The second kappa shape index (κ2) is 10.3. The van der Waals surface area contributed by atoms with Crippen molar-refractivity contribution in [3.05, 3.63) is 70.7 Å². The van der Waals surface area contributed by atoms with Crippen LogP contribution >= 0.6 is 15.9 Å². The van der Waals surface area contributed by atoms with Crippen molar-refractivity contribution in [2.45, 2.75) is 19.5 Å². The van der Waals surface area contributed by atoms with Gasteiger partial charge in [-0.3, -0.25) is 9.59 Å². The lowest BCUT2D eigenvalue weighted by atomic mass is 10.1. The summed E-state index contributed by atoms with van der Waals surface area (Å²) in [6.07, 6.45) is 0. The number of rotatable bonds is 8. The highest BCUT2D eigenvalue weighted by atomic mass is 79.9. The molecule has 0 heterocycles. The number of likely N-dealkylation sites (N-methyl/N-ethyl adjacent to an activating group) is 1. The predicted octanol–water partition coefficient (Wildman–Crippen LogP) is 4.15. The van der Waals surface area contributed by atoms with E-state index < -0.39 is 6.04 Å². The van der Waals surface area contributed by atoms with Crippen molar-refractivity contribution in [2.75, 3.05) is 20.8 Å². The maximum Gasteiger partial charge on any atom is 0.261 e. The van der Waals surface area contributed by atoms with Crippen molar-refractivity contribution in [3.8, 4) is 11.5 Å². The number of benzene rings is 3. The minimum absolute atomic E-state index is 0.192. The van der Waals surface area contributed by atoms with E-state index in [0.717, 1.165) is 20.8 Å². The molecule has 0 fully saturated rings. The molecule has 3 aromatic rings. The van der Waals surface area contributed by atoms with E-state index in [1.54, 1.807) is 21.1 Å². The zero-order valence-corrected chi connectivity index (χ0v) is 19.3. The number of carbonyl (C=O) groups is 2. The van der Waals surface area contributed by atoms with Crippen LogP contribution in [0.5, 0.6) is 11.5 Å². The average molecular weight is 485 g/mol. The van der Waals surface area contributed by atoms with Gasteiger partial charge in [0.05, 0.1) is 11.6 Å². The molecule has 0 aliphatic carbocycles. The van der Waals surface area contributed by atoms with E-state index in [1.165, 1.54) is 4.90 Å². The van der Waals surface area contributed by atoms with Gasteiger partial charge in [0.1, 0.15) is 17.5 Å². The Morgan fingerprint density at radius 1 is 1.10 bits per heavy atom. The molecule has 3 aromatic carbocycles. The van der Waals surface area contributed by atoms with Crippen LogP contribution in [-0.4, -0.2) is 43.5 Å². The van der Waals surface area contributed by atoms with E-state index in [1.807, 2.05) is 60.7 Å². The molecule has 0 aliphatic heterocycles. The van der Waals surface area contributed by atoms with E-state index in [9.17, 15) is 9.59 Å². The number of hydrogen-bond acceptors (Lipinski definition) is 4. The van der Waals surface area contributed by atoms with E-state index in [4.69, 9.17) is 9.47 Å². The molecule has 1 N–H and O–H groups in total. The van der Waals surface area contributed by atoms with Gasteiger partial charge in [-0.25, -0.2) is 0 Å². The van der Waals surface area contributed by atoms with Gasteiger partial charge in [-0.15, -0.1) is 0 Å². The summed E-state index contributed by atoms with van der Waals surface area (Å²) in [6, 6.07) is 18.4. The number of carbonyl (C=O) groups excluding carboxylic acids is 2. The van der Waals surface area contributed by atoms with Crippen LogP contribution in [0.2, 0.25) is 0 Å². The molecule has 0 saturated heterocycles. The highest BCUT2D eigenvalue weighted by molar-refractivity contribution is 9.10. The molecule has 0 unspecified atom stereocenters. The highest BCUT2D eigenvalue weighted by Gasteiger charge is 2.26. The summed E-state index contributed by atoms with van der Waals surface area (Å²) in [5, 5.41) is 4.68. The van der Waals surface area contributed by atoms with Gasteiger partial charge in [0.15, 0.2) is 6.61 Å². The van der Waals surface area contributed by atoms with Gasteiger partial charge >= 0.3 is 0 Å². The zero-order valence-electron chi connectivity index (χ0n) is 17.7. The minimum Gasteiger partial charge on any atom is -0.497 e. The number of nitrogens with zero attached hydrogens (tertiary/aromatic N) is 1. The second-order valence-electron chi connectivity index (χ2n) is 7.05. The molecule has 162 valence electrons. The fourth-order valence-electron chi connectivity index (χ4n) is 3.31. The van der Waals surface area contributed by atoms with Crippen molar-refractivity contribution >= 4 is 38.5 Å². The van der Waals surface area contributed by atoms with Crippen LogP contribution in [0.4, 0.5) is 0 Å². The van der Waals surface area contributed by atoms with Gasteiger partial charge in [-0.05, 0) is 57.4 Å². The quantitative estimate of drug-likeness (QED) is 0.521. The molecule has 3 rings (SSSR count). The maximum atomic E-state index is 13.1. The lowest BCUT2D eigenvalue weighted by molar-refractivity contribution is -0.142. The van der Waals surface area contributed by atoms with Crippen LogP contribution in [0.3, 0.4) is 0 Å². The first-order valence-electron chi connectivity index (χ1n) is 9.88. The number of hydrogen-bond donors (Lipinski definition) is 1. The number of nitrogens with one attached hydrogen (secondary N) is 1. The molecule has 7 heteroatoms. The van der Waals surface area contributed by atoms with E-state index in [2.05, 4.69) is 21.2 Å². The summed E-state index contributed by atoms with van der Waals surface area (Å²) in [5.74, 6) is 0.719. The predicted molar refractivity (Wildman–Crippen MR) is 124 cm³/mol. The molecule has 0 spiro atoms. The second-order valence-corrected chi connectivity index (χ2v) is 7.84. The van der Waals surface area contributed by atoms with Crippen molar-refractivity contribution in [3.63, 3.8) is 0 Å². The number of methoxy groups -OCH3 is 1. The number of halogens is 1. The third-order valence-electron chi connectivity index (χ3n) is 5.08. The van der Waals surface area contributed by atoms with E-state index in [0.29, 0.717) is 11.5 Å². The smallest absolute Gasteiger partial charge is 0.261 e. The lowest BCUT2D eigenvalue weighted by Gasteiger charge is -2.28. The molecular formula is C24H25BrN2O4. The standard InChI is InChI=1S/C24H25BrN2O4/c1-16(24(29)26-2)27(14-17-7-6-9-19(13-17)30-3)22(28)15-31-21-12-11-18-8-4-5-10-20(18)23(21)25/h4-13,16H,14-15H2,1-3H3,(H,26,29)/t16-/m0/s1. The molecule has 0 aromatic heterocycles. The first kappa shape index (κ1) is 22.6. The van der Waals surface area contributed by atoms with Gasteiger partial charge in [0.25, 0.3) is 5.91 Å². The van der Waals surface area contributed by atoms with Crippen molar-refractivity contribution in [1.82, 2.24) is 10.2 Å². The Bertz CT molecular complexity index is 1090. The SMILES string of the molecule is CNC(=O)[C@H](C)N(Cc1cccc(OC)c1)C(=O)COc1ccc2ccccc2c1Br. The number of amides is 2. The lowest BCUT2D eigenvalue weighted by Crippen LogP contribution is -2.48. The molecule has 0 saturated carbocycles. The Balaban J connectivity index is 1.79. The number of fused-ring (bicyclic) bond motifs is 1. The van der Waals surface area contributed by atoms with Crippen molar-refractivity contribution in [2.24, 2.45) is 0 Å². The molecule has 31 heavy (non-hydrogen) atoms. The van der Waals surface area contributed by atoms with Crippen LogP contribution in [-0.2, 0) is 16.1 Å². The third kappa shape index (κ3) is 5.35. The average Bonchev–Trinajstić information content (AvgIpc) is 2.81. The fourth-order valence-corrected chi connectivity index (χ4v) is 3.91. The normalized spacial score (nSPS) is 11.6. The summed E-state index contributed by atoms with van der Waals surface area (Å²) >= 11 is 3.57. The number of ether oxygens (including phenoxy) is 2. The molecule has 6 nitrogen and oxygen atoms in total. The summed E-state index contributed by atoms with van der Waals surface area (Å²) in [5.41, 5.74) is 0.857. The first-order valence-corrected chi connectivity index (χ1v) is 10.7. The van der Waals surface area contributed by atoms with Crippen molar-refractivity contribution < 1.29 is 19.1 Å². The van der Waals surface area contributed by atoms with Gasteiger partial charge in [0.2, 0.25) is 5.91 Å². The Labute approximate surface area is 190 Å². The van der Waals surface area contributed by atoms with Crippen LogP contribution in [0.1, 0.15) is 12.5 Å². The van der Waals surface area contributed by atoms with Gasteiger partial charge in [-0.2, -0.15) is 0 Å². The first-order chi connectivity index (χ1) is 14.9.